The average molecular weight is 199 g/mol. The first-order valence-corrected chi connectivity index (χ1v) is 3.44. The molecular weight excluding hydrogens is 191 g/mol. The van der Waals surface area contributed by atoms with Gasteiger partial charge >= 0.3 is 12.2 Å². The molecule has 0 N–H and O–H groups in total. The lowest BCUT2D eigenvalue weighted by Crippen LogP contribution is -2.36. The Morgan fingerprint density at radius 3 is 2.23 bits per heavy atom. The van der Waals surface area contributed by atoms with E-state index in [4.69, 9.17) is 0 Å². The van der Waals surface area contributed by atoms with Crippen molar-refractivity contribution in [3.8, 4) is 0 Å². The molecule has 0 aromatic heterocycles. The number of nitro groups is 1. The number of halogens is 3. The van der Waals surface area contributed by atoms with Crippen LogP contribution in [0, 0.1) is 10.1 Å². The maximum absolute atomic E-state index is 11.9. The summed E-state index contributed by atoms with van der Waals surface area (Å²) >= 11 is 0. The summed E-state index contributed by atoms with van der Waals surface area (Å²) in [6.45, 7) is 1.09. The first-order chi connectivity index (χ1) is 5.75. The zero-order valence-corrected chi connectivity index (χ0v) is 6.80. The van der Waals surface area contributed by atoms with Crippen molar-refractivity contribution in [2.75, 3.05) is 0 Å². The second kappa shape index (κ2) is 4.20. The summed E-state index contributed by atoms with van der Waals surface area (Å²) in [4.78, 5) is 18.8. The fraction of sp³-hybridized carbons (Fsp3) is 0.833. The standard InChI is InChI=1S/C6H8F3NO3/c1-4(11)2-3-5(10(12)13)6(7,8)9/h5H,2-3H2,1H3. The molecule has 7 heteroatoms. The van der Waals surface area contributed by atoms with Crippen LogP contribution in [0.25, 0.3) is 0 Å². The van der Waals surface area contributed by atoms with Crippen molar-refractivity contribution in [1.29, 1.82) is 0 Å². The van der Waals surface area contributed by atoms with Crippen LogP contribution in [-0.4, -0.2) is 22.9 Å². The molecule has 0 saturated heterocycles. The Balaban J connectivity index is 4.28. The molecule has 1 atom stereocenters. The lowest BCUT2D eigenvalue weighted by atomic mass is 10.1. The lowest BCUT2D eigenvalue weighted by molar-refractivity contribution is -0.563. The first-order valence-electron chi connectivity index (χ1n) is 3.44. The summed E-state index contributed by atoms with van der Waals surface area (Å²) in [5, 5.41) is 9.93. The summed E-state index contributed by atoms with van der Waals surface area (Å²) in [6.07, 6.45) is -6.09. The molecule has 0 radical (unpaired) electrons. The van der Waals surface area contributed by atoms with Crippen LogP contribution in [-0.2, 0) is 4.79 Å². The van der Waals surface area contributed by atoms with Gasteiger partial charge in [-0.25, -0.2) is 0 Å². The normalized spacial score (nSPS) is 13.8. The molecule has 0 bridgehead atoms. The van der Waals surface area contributed by atoms with Crippen molar-refractivity contribution in [2.24, 2.45) is 0 Å². The van der Waals surface area contributed by atoms with E-state index in [1.54, 1.807) is 0 Å². The lowest BCUT2D eigenvalue weighted by Gasteiger charge is -2.11. The van der Waals surface area contributed by atoms with E-state index in [1.165, 1.54) is 0 Å². The van der Waals surface area contributed by atoms with Crippen LogP contribution in [0.2, 0.25) is 0 Å². The summed E-state index contributed by atoms with van der Waals surface area (Å²) in [7, 11) is 0. The second-order valence-corrected chi connectivity index (χ2v) is 2.58. The maximum Gasteiger partial charge on any atom is 0.457 e. The predicted octanol–water partition coefficient (Wildman–Crippen LogP) is 1.56. The van der Waals surface area contributed by atoms with E-state index in [0.29, 0.717) is 0 Å². The molecule has 0 aliphatic heterocycles. The van der Waals surface area contributed by atoms with Gasteiger partial charge in [0, 0.05) is 17.8 Å². The third-order valence-corrected chi connectivity index (χ3v) is 1.40. The van der Waals surface area contributed by atoms with E-state index in [0.717, 1.165) is 6.92 Å². The van der Waals surface area contributed by atoms with E-state index in [-0.39, 0.29) is 0 Å². The maximum atomic E-state index is 11.9. The molecule has 76 valence electrons. The Kier molecular flexibility index (Phi) is 3.83. The largest absolute Gasteiger partial charge is 0.457 e. The van der Waals surface area contributed by atoms with Crippen LogP contribution in [0.4, 0.5) is 13.2 Å². The Bertz CT molecular complexity index is 214. The van der Waals surface area contributed by atoms with Crippen LogP contribution in [0.1, 0.15) is 19.8 Å². The molecule has 4 nitrogen and oxygen atoms in total. The van der Waals surface area contributed by atoms with Gasteiger partial charge in [0.15, 0.2) is 0 Å². The van der Waals surface area contributed by atoms with Gasteiger partial charge in [-0.15, -0.1) is 0 Å². The Morgan fingerprint density at radius 1 is 1.54 bits per heavy atom. The monoisotopic (exact) mass is 199 g/mol. The zero-order valence-electron chi connectivity index (χ0n) is 6.80. The minimum atomic E-state index is -4.88. The summed E-state index contributed by atoms with van der Waals surface area (Å²) in [5.74, 6) is -0.490. The third kappa shape index (κ3) is 4.44. The van der Waals surface area contributed by atoms with Crippen LogP contribution < -0.4 is 0 Å². The summed E-state index contributed by atoms with van der Waals surface area (Å²) in [5.41, 5.74) is 0. The van der Waals surface area contributed by atoms with E-state index >= 15 is 0 Å². The highest BCUT2D eigenvalue weighted by atomic mass is 19.4. The van der Waals surface area contributed by atoms with Crippen LogP contribution in [0.15, 0.2) is 0 Å². The van der Waals surface area contributed by atoms with Gasteiger partial charge in [0.1, 0.15) is 5.78 Å². The molecule has 0 fully saturated rings. The molecule has 0 aromatic carbocycles. The molecule has 0 saturated carbocycles. The fourth-order valence-corrected chi connectivity index (χ4v) is 0.729. The van der Waals surface area contributed by atoms with Gasteiger partial charge in [0.05, 0.1) is 0 Å². The number of Topliss-reactive ketones (excluding diaryl/α,β-unsaturated/α-hetero) is 1. The number of nitrogens with zero attached hydrogens (tertiary/aromatic N) is 1. The number of hydrogen-bond acceptors (Lipinski definition) is 3. The number of ketones is 1. The SMILES string of the molecule is CC(=O)CCC([N+](=O)[O-])C(F)(F)F. The molecule has 0 aliphatic carbocycles. The zero-order chi connectivity index (χ0) is 10.6. The topological polar surface area (TPSA) is 60.2 Å². The van der Waals surface area contributed by atoms with Crippen molar-refractivity contribution >= 4 is 5.78 Å². The van der Waals surface area contributed by atoms with Crippen molar-refractivity contribution in [3.05, 3.63) is 10.1 Å². The third-order valence-electron chi connectivity index (χ3n) is 1.40. The predicted molar refractivity (Wildman–Crippen MR) is 36.8 cm³/mol. The number of alkyl halides is 3. The number of carbonyl (C=O) groups is 1. The molecule has 0 spiro atoms. The Hall–Kier alpha value is -1.14. The molecule has 0 aromatic rings. The van der Waals surface area contributed by atoms with Gasteiger partial charge in [-0.3, -0.25) is 10.1 Å². The van der Waals surface area contributed by atoms with E-state index in [9.17, 15) is 28.1 Å². The quantitative estimate of drug-likeness (QED) is 0.509. The van der Waals surface area contributed by atoms with Crippen molar-refractivity contribution in [2.45, 2.75) is 32.0 Å². The number of carbonyl (C=O) groups excluding carboxylic acids is 1. The fourth-order valence-electron chi connectivity index (χ4n) is 0.729. The smallest absolute Gasteiger partial charge is 0.300 e. The minimum absolute atomic E-state index is 0.425. The van der Waals surface area contributed by atoms with Crippen molar-refractivity contribution in [3.63, 3.8) is 0 Å². The number of hydrogen-bond donors (Lipinski definition) is 0. The molecular formula is C6H8F3NO3. The Morgan fingerprint density at radius 2 is 2.00 bits per heavy atom. The van der Waals surface area contributed by atoms with Gasteiger partial charge in [-0.05, 0) is 6.92 Å². The second-order valence-electron chi connectivity index (χ2n) is 2.58. The number of rotatable bonds is 4. The first kappa shape index (κ1) is 11.9. The van der Waals surface area contributed by atoms with E-state index < -0.39 is 35.8 Å². The van der Waals surface area contributed by atoms with Crippen LogP contribution in [0.5, 0.6) is 0 Å². The van der Waals surface area contributed by atoms with Crippen molar-refractivity contribution < 1.29 is 22.9 Å². The highest BCUT2D eigenvalue weighted by Gasteiger charge is 2.48. The van der Waals surface area contributed by atoms with E-state index in [2.05, 4.69) is 0 Å². The highest BCUT2D eigenvalue weighted by molar-refractivity contribution is 5.75. The molecule has 0 heterocycles. The molecule has 0 rings (SSSR count). The Labute approximate surface area is 71.9 Å². The summed E-state index contributed by atoms with van der Waals surface area (Å²) < 4.78 is 35.6. The molecule has 1 unspecified atom stereocenters. The van der Waals surface area contributed by atoms with Gasteiger partial charge in [0.25, 0.3) is 0 Å². The van der Waals surface area contributed by atoms with Gasteiger partial charge < -0.3 is 4.79 Å². The molecule has 13 heavy (non-hydrogen) atoms. The van der Waals surface area contributed by atoms with Crippen LogP contribution >= 0.6 is 0 Å². The highest BCUT2D eigenvalue weighted by Crippen LogP contribution is 2.25. The summed E-state index contributed by atoms with van der Waals surface area (Å²) in [6, 6.07) is -2.63. The van der Waals surface area contributed by atoms with Gasteiger partial charge in [-0.1, -0.05) is 0 Å². The molecule has 0 aliphatic rings. The average Bonchev–Trinajstić information content (AvgIpc) is 1.81. The minimum Gasteiger partial charge on any atom is -0.300 e. The van der Waals surface area contributed by atoms with E-state index in [1.807, 2.05) is 0 Å². The van der Waals surface area contributed by atoms with Crippen molar-refractivity contribution in [1.82, 2.24) is 0 Å². The van der Waals surface area contributed by atoms with Gasteiger partial charge in [-0.2, -0.15) is 13.2 Å². The molecule has 0 amide bonds. The van der Waals surface area contributed by atoms with Gasteiger partial charge in [0.2, 0.25) is 0 Å². The van der Waals surface area contributed by atoms with Crippen LogP contribution in [0.3, 0.4) is 0 Å².